The molecule has 2 atom stereocenters. The highest BCUT2D eigenvalue weighted by Gasteiger charge is 2.40. The molecule has 2 rings (SSSR count). The van der Waals surface area contributed by atoms with Crippen LogP contribution in [0.2, 0.25) is 0 Å². The van der Waals surface area contributed by atoms with Crippen LogP contribution in [0.5, 0.6) is 0 Å². The van der Waals surface area contributed by atoms with E-state index in [0.717, 1.165) is 5.56 Å². The molecule has 136 valence electrons. The van der Waals surface area contributed by atoms with E-state index >= 15 is 0 Å². The maximum Gasteiger partial charge on any atom is 0.330 e. The zero-order valence-electron chi connectivity index (χ0n) is 14.8. The monoisotopic (exact) mass is 348 g/mol. The Morgan fingerprint density at radius 3 is 2.84 bits per heavy atom. The summed E-state index contributed by atoms with van der Waals surface area (Å²) in [6, 6.07) is -0.329. The van der Waals surface area contributed by atoms with Gasteiger partial charge in [0.05, 0.1) is 25.3 Å². The Hall–Kier alpha value is -2.64. The number of ether oxygens (including phenoxy) is 1. The fraction of sp³-hybridized carbons (Fsp3) is 0.529. The number of carbonyl (C=O) groups excluding carboxylic acids is 3. The second-order valence-corrected chi connectivity index (χ2v) is 5.89. The van der Waals surface area contributed by atoms with Gasteiger partial charge in [-0.15, -0.1) is 0 Å². The maximum atomic E-state index is 12.6. The number of amides is 2. The lowest BCUT2D eigenvalue weighted by Gasteiger charge is -2.39. The average molecular weight is 348 g/mol. The molecule has 8 heteroatoms. The quantitative estimate of drug-likeness (QED) is 0.599. The Bertz CT molecular complexity index is 667. The Kier molecular flexibility index (Phi) is 6.32. The van der Waals surface area contributed by atoms with Crippen LogP contribution in [0.1, 0.15) is 31.4 Å². The number of nitrogens with zero attached hydrogens (tertiary/aromatic N) is 3. The third-order valence-corrected chi connectivity index (χ3v) is 4.30. The number of hydrogen-bond acceptors (Lipinski definition) is 5. The number of piperidine rings is 1. The van der Waals surface area contributed by atoms with Crippen molar-refractivity contribution in [2.24, 2.45) is 13.0 Å². The SMILES string of the molecule is CCN1C(=O)CCC(C(=O)NC/C=C/C(=O)OC)C1c1cnn(C)c1. The normalized spacial score (nSPS) is 20.8. The topological polar surface area (TPSA) is 93.5 Å². The number of nitrogens with one attached hydrogen (secondary N) is 1. The minimum absolute atomic E-state index is 0.0472. The smallest absolute Gasteiger partial charge is 0.330 e. The summed E-state index contributed by atoms with van der Waals surface area (Å²) in [4.78, 5) is 37.7. The highest BCUT2D eigenvalue weighted by atomic mass is 16.5. The molecule has 0 aliphatic carbocycles. The number of hydrogen-bond donors (Lipinski definition) is 1. The first-order valence-electron chi connectivity index (χ1n) is 8.28. The van der Waals surface area contributed by atoms with Gasteiger partial charge < -0.3 is 15.0 Å². The van der Waals surface area contributed by atoms with Gasteiger partial charge in [-0.05, 0) is 13.3 Å². The third-order valence-electron chi connectivity index (χ3n) is 4.30. The van der Waals surface area contributed by atoms with Crippen LogP contribution in [0.3, 0.4) is 0 Å². The van der Waals surface area contributed by atoms with Gasteiger partial charge >= 0.3 is 5.97 Å². The Balaban J connectivity index is 2.12. The fourth-order valence-corrected chi connectivity index (χ4v) is 3.12. The molecule has 2 heterocycles. The second kappa shape index (κ2) is 8.46. The van der Waals surface area contributed by atoms with Gasteiger partial charge in [-0.2, -0.15) is 5.10 Å². The predicted octanol–water partition coefficient (Wildman–Crippen LogP) is 0.565. The molecule has 25 heavy (non-hydrogen) atoms. The van der Waals surface area contributed by atoms with Gasteiger partial charge in [0.15, 0.2) is 0 Å². The van der Waals surface area contributed by atoms with Crippen LogP contribution < -0.4 is 5.32 Å². The second-order valence-electron chi connectivity index (χ2n) is 5.89. The molecule has 0 aromatic carbocycles. The van der Waals surface area contributed by atoms with E-state index in [4.69, 9.17) is 0 Å². The lowest BCUT2D eigenvalue weighted by Crippen LogP contribution is -2.47. The Morgan fingerprint density at radius 2 is 2.24 bits per heavy atom. The van der Waals surface area contributed by atoms with Crippen LogP contribution in [0.15, 0.2) is 24.5 Å². The minimum Gasteiger partial charge on any atom is -0.466 e. The van der Waals surface area contributed by atoms with Gasteiger partial charge in [0.25, 0.3) is 0 Å². The predicted molar refractivity (Wildman–Crippen MR) is 90.2 cm³/mol. The standard InChI is InChI=1S/C17H24N4O4/c1-4-21-14(22)8-7-13(16(21)12-10-19-20(2)11-12)17(24)18-9-5-6-15(23)25-3/h5-6,10-11,13,16H,4,7-9H2,1-3H3,(H,18,24)/b6-5+. The molecule has 0 radical (unpaired) electrons. The highest BCUT2D eigenvalue weighted by Crippen LogP contribution is 2.36. The van der Waals surface area contributed by atoms with E-state index in [1.54, 1.807) is 22.8 Å². The summed E-state index contributed by atoms with van der Waals surface area (Å²) in [5, 5.41) is 6.97. The first-order chi connectivity index (χ1) is 12.0. The molecule has 1 aromatic heterocycles. The lowest BCUT2D eigenvalue weighted by atomic mass is 9.84. The van der Waals surface area contributed by atoms with Crippen LogP contribution >= 0.6 is 0 Å². The number of carbonyl (C=O) groups is 3. The zero-order valence-corrected chi connectivity index (χ0v) is 14.8. The minimum atomic E-state index is -0.470. The van der Waals surface area contributed by atoms with Crippen molar-refractivity contribution in [3.8, 4) is 0 Å². The maximum absolute atomic E-state index is 12.6. The summed E-state index contributed by atoms with van der Waals surface area (Å²) in [6.07, 6.45) is 7.17. The van der Waals surface area contributed by atoms with E-state index in [9.17, 15) is 14.4 Å². The molecule has 2 amide bonds. The van der Waals surface area contributed by atoms with Crippen molar-refractivity contribution < 1.29 is 19.1 Å². The van der Waals surface area contributed by atoms with Gasteiger partial charge in [0.1, 0.15) is 0 Å². The van der Waals surface area contributed by atoms with Crippen molar-refractivity contribution in [2.75, 3.05) is 20.2 Å². The third kappa shape index (κ3) is 4.46. The molecule has 1 fully saturated rings. The lowest BCUT2D eigenvalue weighted by molar-refractivity contribution is -0.143. The molecular formula is C17H24N4O4. The first kappa shape index (κ1) is 18.7. The number of methoxy groups -OCH3 is 1. The zero-order chi connectivity index (χ0) is 18.4. The molecule has 1 N–H and O–H groups in total. The van der Waals surface area contributed by atoms with E-state index in [1.807, 2.05) is 13.1 Å². The van der Waals surface area contributed by atoms with Crippen LogP contribution in [0.25, 0.3) is 0 Å². The molecular weight excluding hydrogens is 324 g/mol. The highest BCUT2D eigenvalue weighted by molar-refractivity contribution is 5.85. The van der Waals surface area contributed by atoms with Crippen LogP contribution in [0, 0.1) is 5.92 Å². The molecule has 0 spiro atoms. The van der Waals surface area contributed by atoms with Crippen molar-refractivity contribution in [3.05, 3.63) is 30.1 Å². The number of rotatable bonds is 6. The summed E-state index contributed by atoms with van der Waals surface area (Å²) < 4.78 is 6.16. The Morgan fingerprint density at radius 1 is 1.48 bits per heavy atom. The summed E-state index contributed by atoms with van der Waals surface area (Å²) in [7, 11) is 3.10. The molecule has 0 bridgehead atoms. The molecule has 1 aromatic rings. The van der Waals surface area contributed by atoms with Crippen molar-refractivity contribution in [3.63, 3.8) is 0 Å². The Labute approximate surface area is 146 Å². The number of esters is 1. The van der Waals surface area contributed by atoms with Crippen LogP contribution in [-0.2, 0) is 26.2 Å². The number of aromatic nitrogens is 2. The van der Waals surface area contributed by atoms with Crippen molar-refractivity contribution in [1.29, 1.82) is 0 Å². The summed E-state index contributed by atoms with van der Waals surface area (Å²) in [5.74, 6) is -0.920. The van der Waals surface area contributed by atoms with E-state index in [2.05, 4.69) is 15.2 Å². The van der Waals surface area contributed by atoms with E-state index < -0.39 is 5.97 Å². The van der Waals surface area contributed by atoms with E-state index in [-0.39, 0.29) is 30.3 Å². The van der Waals surface area contributed by atoms with Crippen molar-refractivity contribution in [2.45, 2.75) is 25.8 Å². The molecule has 1 aliphatic heterocycles. The van der Waals surface area contributed by atoms with Gasteiger partial charge in [0.2, 0.25) is 11.8 Å². The van der Waals surface area contributed by atoms with Gasteiger partial charge in [0, 0.05) is 44.4 Å². The summed E-state index contributed by atoms with van der Waals surface area (Å²) in [6.45, 7) is 2.66. The molecule has 0 saturated carbocycles. The van der Waals surface area contributed by atoms with Crippen LogP contribution in [-0.4, -0.2) is 52.7 Å². The number of likely N-dealkylation sites (tertiary alicyclic amines) is 1. The summed E-state index contributed by atoms with van der Waals surface area (Å²) in [5.41, 5.74) is 0.850. The first-order valence-corrected chi connectivity index (χ1v) is 8.28. The molecule has 1 aliphatic rings. The van der Waals surface area contributed by atoms with E-state index in [0.29, 0.717) is 19.4 Å². The van der Waals surface area contributed by atoms with Crippen molar-refractivity contribution in [1.82, 2.24) is 20.0 Å². The largest absolute Gasteiger partial charge is 0.466 e. The molecule has 1 saturated heterocycles. The van der Waals surface area contributed by atoms with Crippen LogP contribution in [0.4, 0.5) is 0 Å². The summed E-state index contributed by atoms with van der Waals surface area (Å²) >= 11 is 0. The molecule has 8 nitrogen and oxygen atoms in total. The fourth-order valence-electron chi connectivity index (χ4n) is 3.12. The molecule has 2 unspecified atom stereocenters. The van der Waals surface area contributed by atoms with Gasteiger partial charge in [-0.3, -0.25) is 14.3 Å². The van der Waals surface area contributed by atoms with Crippen molar-refractivity contribution >= 4 is 17.8 Å². The van der Waals surface area contributed by atoms with E-state index in [1.165, 1.54) is 19.3 Å². The average Bonchev–Trinajstić information content (AvgIpc) is 3.03. The van der Waals surface area contributed by atoms with Gasteiger partial charge in [-0.1, -0.05) is 6.08 Å². The van der Waals surface area contributed by atoms with Gasteiger partial charge in [-0.25, -0.2) is 4.79 Å². The number of aryl methyl sites for hydroxylation is 1.